The van der Waals surface area contributed by atoms with Crippen LogP contribution in [0.1, 0.15) is 40.1 Å². The van der Waals surface area contributed by atoms with Gasteiger partial charge in [-0.05, 0) is 42.7 Å². The lowest BCUT2D eigenvalue weighted by molar-refractivity contribution is -0.145. The molecule has 0 spiro atoms. The monoisotopic (exact) mass is 413 g/mol. The van der Waals surface area contributed by atoms with Gasteiger partial charge in [0.2, 0.25) is 5.78 Å². The van der Waals surface area contributed by atoms with Gasteiger partial charge in [-0.2, -0.15) is 0 Å². The predicted octanol–water partition coefficient (Wildman–Crippen LogP) is 3.19. The number of methoxy groups -OCH3 is 2. The number of hydrogen-bond acceptors (Lipinski definition) is 6. The Hall–Kier alpha value is -3.35. The number of esters is 1. The first-order valence-electron chi connectivity index (χ1n) is 9.56. The van der Waals surface area contributed by atoms with Crippen LogP contribution in [-0.2, 0) is 9.53 Å². The van der Waals surface area contributed by atoms with Crippen molar-refractivity contribution in [3.05, 3.63) is 59.2 Å². The fourth-order valence-corrected chi connectivity index (χ4v) is 2.88. The normalized spacial score (nSPS) is 11.5. The van der Waals surface area contributed by atoms with E-state index in [2.05, 4.69) is 5.32 Å². The van der Waals surface area contributed by atoms with Crippen molar-refractivity contribution in [3.8, 4) is 11.5 Å². The number of benzene rings is 2. The second-order valence-electron chi connectivity index (χ2n) is 7.11. The van der Waals surface area contributed by atoms with E-state index < -0.39 is 24.4 Å². The summed E-state index contributed by atoms with van der Waals surface area (Å²) in [6.45, 7) is 4.91. The molecule has 0 unspecified atom stereocenters. The molecule has 0 aliphatic rings. The zero-order valence-corrected chi connectivity index (χ0v) is 17.9. The van der Waals surface area contributed by atoms with Crippen LogP contribution in [0.3, 0.4) is 0 Å². The van der Waals surface area contributed by atoms with Crippen LogP contribution in [0, 0.1) is 12.8 Å². The Labute approximate surface area is 176 Å². The quantitative estimate of drug-likeness (QED) is 0.502. The minimum atomic E-state index is -0.892. The lowest BCUT2D eigenvalue weighted by Crippen LogP contribution is -2.45. The minimum Gasteiger partial charge on any atom is -0.497 e. The number of aryl methyl sites for hydroxylation is 1. The summed E-state index contributed by atoms with van der Waals surface area (Å²) in [6, 6.07) is 11.0. The van der Waals surface area contributed by atoms with Crippen molar-refractivity contribution in [2.45, 2.75) is 26.8 Å². The Morgan fingerprint density at radius 1 is 0.967 bits per heavy atom. The van der Waals surface area contributed by atoms with E-state index in [0.29, 0.717) is 17.1 Å². The van der Waals surface area contributed by atoms with Gasteiger partial charge in [0.05, 0.1) is 19.8 Å². The van der Waals surface area contributed by atoms with Crippen molar-refractivity contribution in [2.24, 2.45) is 5.92 Å². The summed E-state index contributed by atoms with van der Waals surface area (Å²) in [5.74, 6) is -0.883. The minimum absolute atomic E-state index is 0.230. The molecule has 7 heteroatoms. The molecule has 2 rings (SSSR count). The third-order valence-electron chi connectivity index (χ3n) is 4.65. The predicted molar refractivity (Wildman–Crippen MR) is 112 cm³/mol. The fraction of sp³-hybridized carbons (Fsp3) is 0.348. The maximum atomic E-state index is 12.6. The molecule has 0 aliphatic heterocycles. The first-order chi connectivity index (χ1) is 14.3. The lowest BCUT2D eigenvalue weighted by atomic mass is 10.0. The maximum Gasteiger partial charge on any atom is 0.329 e. The van der Waals surface area contributed by atoms with Gasteiger partial charge >= 0.3 is 5.97 Å². The van der Waals surface area contributed by atoms with Crippen molar-refractivity contribution in [2.75, 3.05) is 20.8 Å². The first-order valence-corrected chi connectivity index (χ1v) is 9.56. The SMILES string of the molecule is COc1ccc(OC)c(C(=O)COC(=O)[C@@H](NC(=O)c2ccccc2C)C(C)C)c1. The number of ketones is 1. The van der Waals surface area contributed by atoms with Crippen molar-refractivity contribution in [1.29, 1.82) is 0 Å². The molecule has 0 aromatic heterocycles. The number of rotatable bonds is 9. The average molecular weight is 413 g/mol. The number of ether oxygens (including phenoxy) is 3. The zero-order chi connectivity index (χ0) is 22.3. The van der Waals surface area contributed by atoms with E-state index in [1.54, 1.807) is 38.1 Å². The largest absolute Gasteiger partial charge is 0.497 e. The third-order valence-corrected chi connectivity index (χ3v) is 4.65. The maximum absolute atomic E-state index is 12.6. The Bertz CT molecular complexity index is 922. The summed E-state index contributed by atoms with van der Waals surface area (Å²) >= 11 is 0. The van der Waals surface area contributed by atoms with Gasteiger partial charge in [0, 0.05) is 5.56 Å². The molecule has 0 aliphatic carbocycles. The molecule has 7 nitrogen and oxygen atoms in total. The molecular formula is C23H27NO6. The van der Waals surface area contributed by atoms with Crippen LogP contribution < -0.4 is 14.8 Å². The molecule has 0 bridgehead atoms. The van der Waals surface area contributed by atoms with E-state index in [1.807, 2.05) is 19.1 Å². The van der Waals surface area contributed by atoms with Crippen LogP contribution in [0.4, 0.5) is 0 Å². The van der Waals surface area contributed by atoms with Crippen molar-refractivity contribution >= 4 is 17.7 Å². The average Bonchev–Trinajstić information content (AvgIpc) is 2.74. The Balaban J connectivity index is 2.08. The van der Waals surface area contributed by atoms with Gasteiger partial charge in [-0.15, -0.1) is 0 Å². The molecular weight excluding hydrogens is 386 g/mol. The van der Waals surface area contributed by atoms with Crippen LogP contribution in [-0.4, -0.2) is 44.5 Å². The number of nitrogens with one attached hydrogen (secondary N) is 1. The van der Waals surface area contributed by atoms with E-state index >= 15 is 0 Å². The molecule has 0 radical (unpaired) electrons. The van der Waals surface area contributed by atoms with Crippen molar-refractivity contribution < 1.29 is 28.6 Å². The Morgan fingerprint density at radius 3 is 2.27 bits per heavy atom. The molecule has 0 saturated heterocycles. The molecule has 2 aromatic carbocycles. The number of amides is 1. The molecule has 1 N–H and O–H groups in total. The van der Waals surface area contributed by atoms with Crippen molar-refractivity contribution in [3.63, 3.8) is 0 Å². The van der Waals surface area contributed by atoms with E-state index in [0.717, 1.165) is 5.56 Å². The number of Topliss-reactive ketones (excluding diaryl/α,β-unsaturated/α-hetero) is 1. The summed E-state index contributed by atoms with van der Waals surface area (Å²) in [7, 11) is 2.93. The van der Waals surface area contributed by atoms with Gasteiger partial charge in [-0.25, -0.2) is 4.79 Å². The highest BCUT2D eigenvalue weighted by molar-refractivity contribution is 6.01. The number of hydrogen-bond donors (Lipinski definition) is 1. The summed E-state index contributed by atoms with van der Waals surface area (Å²) in [6.07, 6.45) is 0. The zero-order valence-electron chi connectivity index (χ0n) is 17.9. The molecule has 30 heavy (non-hydrogen) atoms. The molecule has 1 atom stereocenters. The first kappa shape index (κ1) is 22.9. The van der Waals surface area contributed by atoms with Gasteiger partial charge in [0.25, 0.3) is 5.91 Å². The summed E-state index contributed by atoms with van der Waals surface area (Å²) in [4.78, 5) is 37.8. The van der Waals surface area contributed by atoms with Crippen LogP contribution in [0.15, 0.2) is 42.5 Å². The lowest BCUT2D eigenvalue weighted by Gasteiger charge is -2.21. The number of carbonyl (C=O) groups is 3. The van der Waals surface area contributed by atoms with Crippen LogP contribution in [0.25, 0.3) is 0 Å². The van der Waals surface area contributed by atoms with Gasteiger partial charge in [0.15, 0.2) is 6.61 Å². The van der Waals surface area contributed by atoms with E-state index in [4.69, 9.17) is 14.2 Å². The van der Waals surface area contributed by atoms with Gasteiger partial charge in [-0.3, -0.25) is 9.59 Å². The van der Waals surface area contributed by atoms with E-state index in [-0.39, 0.29) is 17.4 Å². The number of carbonyl (C=O) groups excluding carboxylic acids is 3. The standard InChI is InChI=1S/C23H27NO6/c1-14(2)21(24-22(26)17-9-7-6-8-15(17)3)23(27)30-13-19(25)18-12-16(28-4)10-11-20(18)29-5/h6-12,14,21H,13H2,1-5H3,(H,24,26)/t21-/m0/s1. The Kier molecular flexibility index (Phi) is 7.98. The Morgan fingerprint density at radius 2 is 1.67 bits per heavy atom. The second kappa shape index (κ2) is 10.4. The van der Waals surface area contributed by atoms with E-state index in [1.165, 1.54) is 20.3 Å². The highest BCUT2D eigenvalue weighted by Gasteiger charge is 2.27. The second-order valence-corrected chi connectivity index (χ2v) is 7.11. The summed E-state index contributed by atoms with van der Waals surface area (Å²) in [5.41, 5.74) is 1.52. The third kappa shape index (κ3) is 5.59. The molecule has 2 aromatic rings. The van der Waals surface area contributed by atoms with Gasteiger partial charge < -0.3 is 19.5 Å². The molecule has 160 valence electrons. The van der Waals surface area contributed by atoms with Crippen molar-refractivity contribution in [1.82, 2.24) is 5.32 Å². The topological polar surface area (TPSA) is 90.9 Å². The molecule has 0 saturated carbocycles. The van der Waals surface area contributed by atoms with Gasteiger partial charge in [0.1, 0.15) is 17.5 Å². The van der Waals surface area contributed by atoms with E-state index in [9.17, 15) is 14.4 Å². The van der Waals surface area contributed by atoms with Crippen LogP contribution in [0.5, 0.6) is 11.5 Å². The highest BCUT2D eigenvalue weighted by Crippen LogP contribution is 2.24. The molecule has 0 fully saturated rings. The summed E-state index contributed by atoms with van der Waals surface area (Å²) < 4.78 is 15.6. The van der Waals surface area contributed by atoms with Crippen LogP contribution in [0.2, 0.25) is 0 Å². The summed E-state index contributed by atoms with van der Waals surface area (Å²) in [5, 5.41) is 2.71. The smallest absolute Gasteiger partial charge is 0.329 e. The highest BCUT2D eigenvalue weighted by atomic mass is 16.5. The van der Waals surface area contributed by atoms with Gasteiger partial charge in [-0.1, -0.05) is 32.0 Å². The van der Waals surface area contributed by atoms with Crippen LogP contribution >= 0.6 is 0 Å². The fourth-order valence-electron chi connectivity index (χ4n) is 2.88. The molecule has 1 amide bonds. The molecule has 0 heterocycles.